The van der Waals surface area contributed by atoms with Crippen LogP contribution in [0.25, 0.3) is 11.1 Å². The number of carbonyl (C=O) groups is 1. The first kappa shape index (κ1) is 15.7. The number of amides is 1. The number of benzene rings is 2. The molecule has 0 spiro atoms. The summed E-state index contributed by atoms with van der Waals surface area (Å²) in [6.45, 7) is 0.998. The fourth-order valence-electron chi connectivity index (χ4n) is 6.52. The Morgan fingerprint density at radius 3 is 2.33 bits per heavy atom. The maximum Gasteiger partial charge on any atom is 0.407 e. The molecule has 4 bridgehead atoms. The van der Waals surface area contributed by atoms with Crippen molar-refractivity contribution in [2.24, 2.45) is 23.2 Å². The van der Waals surface area contributed by atoms with E-state index in [-0.39, 0.29) is 23.5 Å². The zero-order valence-corrected chi connectivity index (χ0v) is 15.1. The van der Waals surface area contributed by atoms with Crippen LogP contribution in [0.15, 0.2) is 48.5 Å². The van der Waals surface area contributed by atoms with Crippen LogP contribution in [0.3, 0.4) is 0 Å². The molecule has 2 N–H and O–H groups in total. The molecule has 4 saturated carbocycles. The average Bonchev–Trinajstić information content (AvgIpc) is 3.08. The first-order chi connectivity index (χ1) is 13.2. The summed E-state index contributed by atoms with van der Waals surface area (Å²) in [4.78, 5) is 12.3. The molecule has 7 rings (SSSR count). The van der Waals surface area contributed by atoms with E-state index >= 15 is 0 Å². The second-order valence-electron chi connectivity index (χ2n) is 8.74. The van der Waals surface area contributed by atoms with Crippen molar-refractivity contribution in [3.8, 4) is 11.1 Å². The van der Waals surface area contributed by atoms with Crippen LogP contribution < -0.4 is 5.32 Å². The first-order valence-corrected chi connectivity index (χ1v) is 9.96. The molecule has 2 aromatic carbocycles. The van der Waals surface area contributed by atoms with Gasteiger partial charge in [-0.2, -0.15) is 0 Å². The molecule has 0 aromatic heterocycles. The second kappa shape index (κ2) is 5.35. The van der Waals surface area contributed by atoms with Crippen LogP contribution in [0.4, 0.5) is 4.79 Å². The van der Waals surface area contributed by atoms with Gasteiger partial charge in [-0.1, -0.05) is 48.5 Å². The van der Waals surface area contributed by atoms with Crippen molar-refractivity contribution >= 4 is 6.09 Å². The van der Waals surface area contributed by atoms with Gasteiger partial charge >= 0.3 is 6.09 Å². The number of rotatable bonds is 4. The molecule has 2 aromatic rings. The van der Waals surface area contributed by atoms with Gasteiger partial charge in [0.05, 0.1) is 6.10 Å². The molecular weight excluding hydrogens is 338 g/mol. The molecule has 1 amide bonds. The Balaban J connectivity index is 1.12. The minimum Gasteiger partial charge on any atom is -0.449 e. The van der Waals surface area contributed by atoms with Gasteiger partial charge in [-0.3, -0.25) is 0 Å². The van der Waals surface area contributed by atoms with Crippen LogP contribution in [0.2, 0.25) is 0 Å². The number of aliphatic hydroxyl groups excluding tert-OH is 1. The summed E-state index contributed by atoms with van der Waals surface area (Å²) in [6.07, 6.45) is 1.72. The third-order valence-electron chi connectivity index (χ3n) is 7.68. The lowest BCUT2D eigenvalue weighted by Crippen LogP contribution is -2.32. The van der Waals surface area contributed by atoms with Gasteiger partial charge in [0.1, 0.15) is 6.61 Å². The Hall–Kier alpha value is -2.33. The zero-order valence-electron chi connectivity index (χ0n) is 15.1. The molecule has 5 unspecified atom stereocenters. The molecule has 4 heteroatoms. The number of hydrogen-bond acceptors (Lipinski definition) is 3. The van der Waals surface area contributed by atoms with Gasteiger partial charge in [-0.15, -0.1) is 0 Å². The fourth-order valence-corrected chi connectivity index (χ4v) is 6.52. The number of aliphatic hydroxyl groups is 1. The SMILES string of the molecule is O=C(NCC12CC3CC1C2C3O)OCC1c2ccccc2-c2ccccc21. The molecule has 138 valence electrons. The first-order valence-electron chi connectivity index (χ1n) is 9.96. The normalized spacial score (nSPS) is 34.3. The zero-order chi connectivity index (χ0) is 18.2. The summed E-state index contributed by atoms with van der Waals surface area (Å²) in [5, 5.41) is 13.2. The number of hydrogen-bond donors (Lipinski definition) is 2. The van der Waals surface area contributed by atoms with E-state index in [1.165, 1.54) is 22.3 Å². The largest absolute Gasteiger partial charge is 0.449 e. The summed E-state index contributed by atoms with van der Waals surface area (Å²) in [5.41, 5.74) is 5.10. The van der Waals surface area contributed by atoms with Crippen molar-refractivity contribution in [2.75, 3.05) is 13.2 Å². The van der Waals surface area contributed by atoms with E-state index in [9.17, 15) is 9.90 Å². The van der Waals surface area contributed by atoms with Crippen molar-refractivity contribution in [3.05, 3.63) is 59.7 Å². The number of fused-ring (bicyclic) bond motifs is 3. The van der Waals surface area contributed by atoms with Crippen LogP contribution >= 0.6 is 0 Å². The fraction of sp³-hybridized carbons (Fsp3) is 0.435. The maximum atomic E-state index is 12.3. The number of alkyl carbamates (subject to hydrolysis) is 1. The van der Waals surface area contributed by atoms with Gasteiger partial charge < -0.3 is 15.2 Å². The maximum absolute atomic E-state index is 12.3. The van der Waals surface area contributed by atoms with Crippen LogP contribution in [-0.4, -0.2) is 30.5 Å². The van der Waals surface area contributed by atoms with Crippen LogP contribution in [0.1, 0.15) is 29.9 Å². The van der Waals surface area contributed by atoms with Crippen molar-refractivity contribution in [1.29, 1.82) is 0 Å². The van der Waals surface area contributed by atoms with Gasteiger partial charge in [0, 0.05) is 12.5 Å². The van der Waals surface area contributed by atoms with Crippen LogP contribution in [0, 0.1) is 23.2 Å². The quantitative estimate of drug-likeness (QED) is 0.876. The minimum absolute atomic E-state index is 0.0936. The Kier molecular flexibility index (Phi) is 3.11. The van der Waals surface area contributed by atoms with Gasteiger partial charge in [-0.25, -0.2) is 4.79 Å². The monoisotopic (exact) mass is 361 g/mol. The van der Waals surface area contributed by atoms with E-state index in [0.717, 1.165) is 12.8 Å². The third-order valence-corrected chi connectivity index (χ3v) is 7.68. The molecular formula is C23H23NO3. The van der Waals surface area contributed by atoms with Crippen molar-refractivity contribution in [1.82, 2.24) is 5.32 Å². The molecule has 5 aliphatic carbocycles. The molecule has 0 radical (unpaired) electrons. The molecule has 5 aliphatic rings. The predicted molar refractivity (Wildman–Crippen MR) is 101 cm³/mol. The Morgan fingerprint density at radius 2 is 1.78 bits per heavy atom. The molecule has 0 aliphatic heterocycles. The number of nitrogens with one attached hydrogen (secondary N) is 1. The molecule has 0 heterocycles. The number of carbonyl (C=O) groups excluding carboxylic acids is 1. The molecule has 0 saturated heterocycles. The lowest BCUT2D eigenvalue weighted by atomic mass is 9.98. The Labute approximate surface area is 158 Å². The summed E-state index contributed by atoms with van der Waals surface area (Å²) >= 11 is 0. The van der Waals surface area contributed by atoms with E-state index in [1.807, 2.05) is 12.1 Å². The predicted octanol–water partition coefficient (Wildman–Crippen LogP) is 3.54. The average molecular weight is 361 g/mol. The Morgan fingerprint density at radius 1 is 1.11 bits per heavy atom. The topological polar surface area (TPSA) is 58.6 Å². The van der Waals surface area contributed by atoms with E-state index < -0.39 is 0 Å². The van der Waals surface area contributed by atoms with Crippen molar-refractivity contribution < 1.29 is 14.6 Å². The van der Waals surface area contributed by atoms with Gasteiger partial charge in [0.15, 0.2) is 0 Å². The van der Waals surface area contributed by atoms with Crippen molar-refractivity contribution in [3.63, 3.8) is 0 Å². The van der Waals surface area contributed by atoms with E-state index in [1.54, 1.807) is 0 Å². The van der Waals surface area contributed by atoms with Gasteiger partial charge in [0.2, 0.25) is 0 Å². The highest BCUT2D eigenvalue weighted by Gasteiger charge is 2.78. The van der Waals surface area contributed by atoms with Crippen LogP contribution in [0.5, 0.6) is 0 Å². The van der Waals surface area contributed by atoms with Gasteiger partial charge in [0.25, 0.3) is 0 Å². The lowest BCUT2D eigenvalue weighted by molar-refractivity contribution is 0.131. The summed E-state index contributed by atoms with van der Waals surface area (Å²) in [6, 6.07) is 16.7. The highest BCUT2D eigenvalue weighted by Crippen LogP contribution is 2.78. The van der Waals surface area contributed by atoms with Crippen molar-refractivity contribution in [2.45, 2.75) is 24.9 Å². The minimum atomic E-state index is -0.338. The third kappa shape index (κ3) is 2.05. The second-order valence-corrected chi connectivity index (χ2v) is 8.74. The van der Waals surface area contributed by atoms with Crippen LogP contribution in [-0.2, 0) is 4.74 Å². The van der Waals surface area contributed by atoms with E-state index in [4.69, 9.17) is 4.74 Å². The summed E-state index contributed by atoms with van der Waals surface area (Å²) < 4.78 is 5.63. The van der Waals surface area contributed by atoms with Gasteiger partial charge in [-0.05, 0) is 58.3 Å². The Bertz CT molecular complexity index is 895. The molecule has 27 heavy (non-hydrogen) atoms. The lowest BCUT2D eigenvalue weighted by Gasteiger charge is -2.16. The molecule has 4 fully saturated rings. The highest BCUT2D eigenvalue weighted by molar-refractivity contribution is 5.79. The smallest absolute Gasteiger partial charge is 0.407 e. The summed E-state index contributed by atoms with van der Waals surface area (Å²) in [7, 11) is 0. The summed E-state index contributed by atoms with van der Waals surface area (Å²) in [5.74, 6) is 1.59. The highest BCUT2D eigenvalue weighted by atomic mass is 16.5. The van der Waals surface area contributed by atoms with E-state index in [0.29, 0.717) is 30.9 Å². The van der Waals surface area contributed by atoms with E-state index in [2.05, 4.69) is 41.7 Å². The molecule has 4 nitrogen and oxygen atoms in total. The number of ether oxygens (including phenoxy) is 1. The standard InChI is InChI=1S/C23H23NO3/c25-21-13-9-19-20(21)23(19,10-13)12-24-22(26)27-11-18-16-7-3-1-5-14(16)15-6-2-4-8-17(15)18/h1-8,13,18-21,25H,9-12H2,(H,24,26). The molecule has 5 atom stereocenters.